The van der Waals surface area contributed by atoms with Gasteiger partial charge in [-0.25, -0.2) is 0 Å². The molecule has 0 saturated carbocycles. The molecular weight excluding hydrogens is 388 g/mol. The molecule has 4 heteroatoms. The number of hydrogen-bond donors (Lipinski definition) is 0. The van der Waals surface area contributed by atoms with Crippen LogP contribution in [0.25, 0.3) is 10.8 Å². The number of benzene rings is 3. The minimum Gasteiger partial charge on any atom is -0.459 e. The first-order valence-corrected chi connectivity index (χ1v) is 9.53. The van der Waals surface area contributed by atoms with Gasteiger partial charge in [-0.15, -0.1) is 0 Å². The number of rotatable bonds is 0. The Labute approximate surface area is 161 Å². The maximum atomic E-state index is 6.69. The molecule has 2 heterocycles. The van der Waals surface area contributed by atoms with Crippen LogP contribution in [-0.4, -0.2) is 19.0 Å². The third-order valence-corrected chi connectivity index (χ3v) is 6.38. The SMILES string of the molecule is CN1c2ccccc2C(C)(C)C12C=Nc1c(ccc3cc(Br)ccc13)O2. The van der Waals surface area contributed by atoms with Crippen LogP contribution in [0.5, 0.6) is 5.75 Å². The van der Waals surface area contributed by atoms with Crippen molar-refractivity contribution in [3.8, 4) is 5.75 Å². The van der Waals surface area contributed by atoms with Crippen LogP contribution in [0.2, 0.25) is 0 Å². The lowest BCUT2D eigenvalue weighted by molar-refractivity contribution is 0.0826. The van der Waals surface area contributed by atoms with Crippen molar-refractivity contribution in [1.29, 1.82) is 0 Å². The third kappa shape index (κ3) is 1.85. The highest BCUT2D eigenvalue weighted by molar-refractivity contribution is 9.10. The van der Waals surface area contributed by atoms with E-state index in [1.54, 1.807) is 0 Å². The third-order valence-electron chi connectivity index (χ3n) is 5.88. The van der Waals surface area contributed by atoms with Crippen LogP contribution >= 0.6 is 15.9 Å². The fourth-order valence-electron chi connectivity index (χ4n) is 4.36. The number of halogens is 1. The Kier molecular flexibility index (Phi) is 3.12. The molecule has 130 valence electrons. The summed E-state index contributed by atoms with van der Waals surface area (Å²) in [4.78, 5) is 7.12. The molecule has 2 aliphatic rings. The molecule has 3 aromatic carbocycles. The van der Waals surface area contributed by atoms with Crippen LogP contribution in [0.1, 0.15) is 19.4 Å². The lowest BCUT2D eigenvalue weighted by atomic mass is 9.77. The van der Waals surface area contributed by atoms with Crippen molar-refractivity contribution in [2.24, 2.45) is 4.99 Å². The molecule has 0 radical (unpaired) electrons. The van der Waals surface area contributed by atoms with Crippen molar-refractivity contribution in [2.75, 3.05) is 11.9 Å². The van der Waals surface area contributed by atoms with Crippen LogP contribution in [0, 0.1) is 0 Å². The summed E-state index contributed by atoms with van der Waals surface area (Å²) in [5, 5.41) is 2.25. The van der Waals surface area contributed by atoms with E-state index in [9.17, 15) is 0 Å². The zero-order valence-electron chi connectivity index (χ0n) is 15.0. The fourth-order valence-corrected chi connectivity index (χ4v) is 4.73. The van der Waals surface area contributed by atoms with Crippen LogP contribution in [0.15, 0.2) is 64.1 Å². The van der Waals surface area contributed by atoms with Crippen LogP contribution < -0.4 is 9.64 Å². The molecule has 0 bridgehead atoms. The molecule has 0 N–H and O–H groups in total. The maximum absolute atomic E-state index is 6.69. The molecule has 26 heavy (non-hydrogen) atoms. The van der Waals surface area contributed by atoms with E-state index in [0.29, 0.717) is 0 Å². The van der Waals surface area contributed by atoms with E-state index >= 15 is 0 Å². The first kappa shape index (κ1) is 15.9. The van der Waals surface area contributed by atoms with Crippen molar-refractivity contribution < 1.29 is 4.74 Å². The molecular formula is C22H19BrN2O. The quantitative estimate of drug-likeness (QED) is 0.469. The van der Waals surface area contributed by atoms with Gasteiger partial charge in [0.2, 0.25) is 5.72 Å². The number of aliphatic imine (C=N–C) groups is 1. The second-order valence-corrected chi connectivity index (χ2v) is 8.45. The monoisotopic (exact) mass is 406 g/mol. The zero-order chi connectivity index (χ0) is 18.1. The zero-order valence-corrected chi connectivity index (χ0v) is 16.5. The summed E-state index contributed by atoms with van der Waals surface area (Å²) in [6.45, 7) is 4.45. The number of anilines is 1. The lowest BCUT2D eigenvalue weighted by Gasteiger charge is -2.45. The first-order valence-electron chi connectivity index (χ1n) is 8.74. The summed E-state index contributed by atoms with van der Waals surface area (Å²) in [5.41, 5.74) is 2.51. The van der Waals surface area contributed by atoms with Gasteiger partial charge in [0.25, 0.3) is 0 Å². The number of para-hydroxylation sites is 1. The Morgan fingerprint density at radius 1 is 1.04 bits per heavy atom. The van der Waals surface area contributed by atoms with Crippen molar-refractivity contribution in [1.82, 2.24) is 0 Å². The summed E-state index contributed by atoms with van der Waals surface area (Å²) in [7, 11) is 2.09. The van der Waals surface area contributed by atoms with Crippen LogP contribution in [0.4, 0.5) is 11.4 Å². The van der Waals surface area contributed by atoms with Gasteiger partial charge in [0.15, 0.2) is 0 Å². The van der Waals surface area contributed by atoms with Gasteiger partial charge in [-0.1, -0.05) is 46.3 Å². The van der Waals surface area contributed by atoms with E-state index in [2.05, 4.69) is 84.2 Å². The van der Waals surface area contributed by atoms with E-state index in [1.807, 2.05) is 18.3 Å². The molecule has 3 nitrogen and oxygen atoms in total. The molecule has 0 aromatic heterocycles. The Morgan fingerprint density at radius 3 is 2.65 bits per heavy atom. The highest BCUT2D eigenvalue weighted by Gasteiger charge is 2.58. The number of likely N-dealkylation sites (N-methyl/N-ethyl adjacent to an activating group) is 1. The highest BCUT2D eigenvalue weighted by Crippen LogP contribution is 2.54. The van der Waals surface area contributed by atoms with Gasteiger partial charge >= 0.3 is 0 Å². The van der Waals surface area contributed by atoms with E-state index < -0.39 is 5.72 Å². The van der Waals surface area contributed by atoms with E-state index in [1.165, 1.54) is 11.3 Å². The second-order valence-electron chi connectivity index (χ2n) is 7.54. The summed E-state index contributed by atoms with van der Waals surface area (Å²) in [5.74, 6) is 0.829. The summed E-state index contributed by atoms with van der Waals surface area (Å²) in [6.07, 6.45) is 1.98. The number of ether oxygens (including phenoxy) is 1. The summed E-state index contributed by atoms with van der Waals surface area (Å²) >= 11 is 3.54. The summed E-state index contributed by atoms with van der Waals surface area (Å²) < 4.78 is 7.76. The fraction of sp³-hybridized carbons (Fsp3) is 0.227. The van der Waals surface area contributed by atoms with E-state index in [0.717, 1.165) is 26.7 Å². The first-order chi connectivity index (χ1) is 12.4. The average Bonchev–Trinajstić information content (AvgIpc) is 2.80. The lowest BCUT2D eigenvalue weighted by Crippen LogP contribution is -2.61. The van der Waals surface area contributed by atoms with Gasteiger partial charge in [-0.3, -0.25) is 4.99 Å². The van der Waals surface area contributed by atoms with Gasteiger partial charge in [0, 0.05) is 22.6 Å². The topological polar surface area (TPSA) is 24.8 Å². The smallest absolute Gasteiger partial charge is 0.228 e. The maximum Gasteiger partial charge on any atom is 0.228 e. The van der Waals surface area contributed by atoms with Crippen molar-refractivity contribution in [3.63, 3.8) is 0 Å². The molecule has 3 aromatic rings. The molecule has 0 amide bonds. The Balaban J connectivity index is 1.70. The largest absolute Gasteiger partial charge is 0.459 e. The second kappa shape index (κ2) is 5.10. The van der Waals surface area contributed by atoms with E-state index in [4.69, 9.17) is 9.73 Å². The summed E-state index contributed by atoms with van der Waals surface area (Å²) in [6, 6.07) is 18.9. The van der Waals surface area contributed by atoms with Crippen molar-refractivity contribution in [2.45, 2.75) is 25.0 Å². The van der Waals surface area contributed by atoms with Gasteiger partial charge in [0.1, 0.15) is 11.4 Å². The number of fused-ring (bicyclic) bond motifs is 4. The van der Waals surface area contributed by atoms with Gasteiger partial charge in [-0.05, 0) is 49.1 Å². The predicted octanol–water partition coefficient (Wildman–Crippen LogP) is 5.82. The average molecular weight is 407 g/mol. The van der Waals surface area contributed by atoms with Crippen molar-refractivity contribution >= 4 is 44.3 Å². The van der Waals surface area contributed by atoms with Gasteiger partial charge < -0.3 is 9.64 Å². The molecule has 0 fully saturated rings. The predicted molar refractivity (Wildman–Crippen MR) is 111 cm³/mol. The highest BCUT2D eigenvalue weighted by atomic mass is 79.9. The molecule has 2 aliphatic heterocycles. The number of nitrogens with zero attached hydrogens (tertiary/aromatic N) is 2. The normalized spacial score (nSPS) is 22.4. The Hall–Kier alpha value is -2.33. The Morgan fingerprint density at radius 2 is 1.85 bits per heavy atom. The molecule has 0 saturated heterocycles. The van der Waals surface area contributed by atoms with Crippen molar-refractivity contribution in [3.05, 3.63) is 64.6 Å². The van der Waals surface area contributed by atoms with Crippen LogP contribution in [-0.2, 0) is 5.41 Å². The van der Waals surface area contributed by atoms with E-state index in [-0.39, 0.29) is 5.41 Å². The minimum atomic E-state index is -0.632. The molecule has 5 rings (SSSR count). The van der Waals surface area contributed by atoms with Gasteiger partial charge in [0.05, 0.1) is 11.6 Å². The standard InChI is InChI=1S/C22H19BrN2O/c1-21(2)17-6-4-5-7-18(17)25(3)22(21)13-24-20-16-10-9-15(23)12-14(16)8-11-19(20)26-22/h4-13H,1-3H3. The molecule has 1 spiro atoms. The molecule has 0 aliphatic carbocycles. The minimum absolute atomic E-state index is 0.228. The molecule has 1 unspecified atom stereocenters. The number of hydrogen-bond acceptors (Lipinski definition) is 3. The van der Waals surface area contributed by atoms with Crippen LogP contribution in [0.3, 0.4) is 0 Å². The van der Waals surface area contributed by atoms with Gasteiger partial charge in [-0.2, -0.15) is 0 Å². The molecule has 1 atom stereocenters. The Bertz CT molecular complexity index is 1090.